The maximum Gasteiger partial charge on any atom is 0.123 e. The van der Waals surface area contributed by atoms with Gasteiger partial charge in [-0.2, -0.15) is 0 Å². The maximum absolute atomic E-state index is 5.62. The number of methoxy groups -OCH3 is 1. The highest BCUT2D eigenvalue weighted by molar-refractivity contribution is 9.10. The zero-order valence-corrected chi connectivity index (χ0v) is 14.9. The monoisotopic (exact) mass is 353 g/mol. The lowest BCUT2D eigenvalue weighted by molar-refractivity contribution is 0.313. The van der Waals surface area contributed by atoms with Crippen molar-refractivity contribution < 1.29 is 4.74 Å². The highest BCUT2D eigenvalue weighted by Crippen LogP contribution is 2.38. The molecule has 0 spiro atoms. The van der Waals surface area contributed by atoms with Crippen molar-refractivity contribution in [3.05, 3.63) is 28.2 Å². The highest BCUT2D eigenvalue weighted by atomic mass is 79.9. The van der Waals surface area contributed by atoms with E-state index >= 15 is 0 Å². The molecule has 1 aliphatic carbocycles. The van der Waals surface area contributed by atoms with E-state index < -0.39 is 0 Å². The molecule has 0 radical (unpaired) electrons. The van der Waals surface area contributed by atoms with Gasteiger partial charge in [-0.3, -0.25) is 0 Å². The summed E-state index contributed by atoms with van der Waals surface area (Å²) in [5.41, 5.74) is 1.31. The molecule has 1 aliphatic rings. The smallest absolute Gasteiger partial charge is 0.123 e. The molecule has 1 fully saturated rings. The van der Waals surface area contributed by atoms with E-state index in [-0.39, 0.29) is 0 Å². The third-order valence-corrected chi connectivity index (χ3v) is 5.01. The SMILES string of the molecule is CCCNC(c1cc(Br)ccc1OC)C1CCCCCC1. The Hall–Kier alpha value is -0.540. The number of hydrogen-bond acceptors (Lipinski definition) is 2. The predicted molar refractivity (Wildman–Crippen MR) is 92.9 cm³/mol. The van der Waals surface area contributed by atoms with E-state index in [1.165, 1.54) is 50.5 Å². The van der Waals surface area contributed by atoms with Crippen molar-refractivity contribution in [1.82, 2.24) is 5.32 Å². The molecule has 0 heterocycles. The quantitative estimate of drug-likeness (QED) is 0.684. The molecule has 0 bridgehead atoms. The molecule has 2 rings (SSSR count). The Morgan fingerprint density at radius 1 is 1.24 bits per heavy atom. The van der Waals surface area contributed by atoms with Crippen molar-refractivity contribution in [3.8, 4) is 5.75 Å². The van der Waals surface area contributed by atoms with E-state index in [0.29, 0.717) is 6.04 Å². The minimum Gasteiger partial charge on any atom is -0.496 e. The fourth-order valence-corrected chi connectivity index (χ4v) is 3.80. The number of rotatable bonds is 6. The summed E-state index contributed by atoms with van der Waals surface area (Å²) < 4.78 is 6.76. The van der Waals surface area contributed by atoms with Crippen LogP contribution >= 0.6 is 15.9 Å². The molecular formula is C18H28BrNO. The first-order valence-corrected chi connectivity index (χ1v) is 9.12. The number of ether oxygens (including phenoxy) is 1. The standard InChI is InChI=1S/C18H28BrNO/c1-3-12-20-18(14-8-6-4-5-7-9-14)16-13-15(19)10-11-17(16)21-2/h10-11,13-14,18,20H,3-9,12H2,1-2H3. The molecule has 1 saturated carbocycles. The molecule has 0 amide bonds. The average Bonchev–Trinajstić information content (AvgIpc) is 2.77. The maximum atomic E-state index is 5.62. The lowest BCUT2D eigenvalue weighted by atomic mass is 9.86. The Balaban J connectivity index is 2.27. The summed E-state index contributed by atoms with van der Waals surface area (Å²) in [7, 11) is 1.77. The molecule has 3 heteroatoms. The second kappa shape index (κ2) is 8.79. The number of nitrogens with one attached hydrogen (secondary N) is 1. The summed E-state index contributed by atoms with van der Waals surface area (Å²) in [6, 6.07) is 6.79. The van der Waals surface area contributed by atoms with Gasteiger partial charge in [-0.05, 0) is 49.9 Å². The van der Waals surface area contributed by atoms with Crippen LogP contribution in [0.1, 0.15) is 63.5 Å². The van der Waals surface area contributed by atoms with Gasteiger partial charge in [0.1, 0.15) is 5.75 Å². The van der Waals surface area contributed by atoms with Crippen LogP contribution in [-0.2, 0) is 0 Å². The van der Waals surface area contributed by atoms with E-state index in [1.54, 1.807) is 7.11 Å². The minimum atomic E-state index is 0.412. The lowest BCUT2D eigenvalue weighted by Gasteiger charge is -2.29. The van der Waals surface area contributed by atoms with Gasteiger partial charge in [-0.1, -0.05) is 48.5 Å². The Morgan fingerprint density at radius 2 is 1.95 bits per heavy atom. The van der Waals surface area contributed by atoms with E-state index in [4.69, 9.17) is 4.74 Å². The predicted octanol–water partition coefficient (Wildman–Crippen LogP) is 5.47. The van der Waals surface area contributed by atoms with Crippen LogP contribution in [0.3, 0.4) is 0 Å². The highest BCUT2D eigenvalue weighted by Gasteiger charge is 2.26. The molecule has 21 heavy (non-hydrogen) atoms. The number of hydrogen-bond donors (Lipinski definition) is 1. The molecule has 1 atom stereocenters. The van der Waals surface area contributed by atoms with Gasteiger partial charge < -0.3 is 10.1 Å². The van der Waals surface area contributed by atoms with Crippen molar-refractivity contribution in [1.29, 1.82) is 0 Å². The average molecular weight is 354 g/mol. The molecule has 0 saturated heterocycles. The van der Waals surface area contributed by atoms with Crippen molar-refractivity contribution in [2.45, 2.75) is 57.9 Å². The van der Waals surface area contributed by atoms with Gasteiger partial charge in [0.15, 0.2) is 0 Å². The van der Waals surface area contributed by atoms with Crippen molar-refractivity contribution in [2.75, 3.05) is 13.7 Å². The first-order chi connectivity index (χ1) is 10.3. The van der Waals surface area contributed by atoms with Crippen LogP contribution < -0.4 is 10.1 Å². The van der Waals surface area contributed by atoms with Crippen LogP contribution in [0.2, 0.25) is 0 Å². The van der Waals surface area contributed by atoms with Gasteiger partial charge in [-0.25, -0.2) is 0 Å². The Labute approximate surface area is 137 Å². The Kier molecular flexibility index (Phi) is 7.05. The van der Waals surface area contributed by atoms with Gasteiger partial charge >= 0.3 is 0 Å². The van der Waals surface area contributed by atoms with Gasteiger partial charge in [-0.15, -0.1) is 0 Å². The topological polar surface area (TPSA) is 21.3 Å². The summed E-state index contributed by atoms with van der Waals surface area (Å²) in [5, 5.41) is 3.78. The fraction of sp³-hybridized carbons (Fsp3) is 0.667. The zero-order valence-electron chi connectivity index (χ0n) is 13.3. The molecule has 1 unspecified atom stereocenters. The van der Waals surface area contributed by atoms with Crippen LogP contribution in [0, 0.1) is 5.92 Å². The first-order valence-electron chi connectivity index (χ1n) is 8.33. The van der Waals surface area contributed by atoms with Crippen LogP contribution in [-0.4, -0.2) is 13.7 Å². The van der Waals surface area contributed by atoms with Crippen LogP contribution in [0.5, 0.6) is 5.75 Å². The Morgan fingerprint density at radius 3 is 2.57 bits per heavy atom. The largest absolute Gasteiger partial charge is 0.496 e. The summed E-state index contributed by atoms with van der Waals surface area (Å²) >= 11 is 3.62. The molecule has 0 aromatic heterocycles. The molecule has 1 N–H and O–H groups in total. The van der Waals surface area contributed by atoms with Crippen molar-refractivity contribution in [2.24, 2.45) is 5.92 Å². The molecular weight excluding hydrogens is 326 g/mol. The summed E-state index contributed by atoms with van der Waals surface area (Å²) in [5.74, 6) is 1.73. The second-order valence-electron chi connectivity index (χ2n) is 6.07. The van der Waals surface area contributed by atoms with Gasteiger partial charge in [0.2, 0.25) is 0 Å². The third-order valence-electron chi connectivity index (χ3n) is 4.51. The van der Waals surface area contributed by atoms with E-state index in [1.807, 2.05) is 0 Å². The lowest BCUT2D eigenvalue weighted by Crippen LogP contribution is -2.29. The van der Waals surface area contributed by atoms with Crippen LogP contribution in [0.15, 0.2) is 22.7 Å². The van der Waals surface area contributed by atoms with E-state index in [9.17, 15) is 0 Å². The molecule has 1 aromatic carbocycles. The van der Waals surface area contributed by atoms with Gasteiger partial charge in [0.05, 0.1) is 7.11 Å². The molecule has 1 aromatic rings. The summed E-state index contributed by atoms with van der Waals surface area (Å²) in [4.78, 5) is 0. The van der Waals surface area contributed by atoms with Gasteiger partial charge in [0, 0.05) is 16.1 Å². The van der Waals surface area contributed by atoms with E-state index in [0.717, 1.165) is 22.7 Å². The minimum absolute atomic E-state index is 0.412. The van der Waals surface area contributed by atoms with E-state index in [2.05, 4.69) is 46.4 Å². The summed E-state index contributed by atoms with van der Waals surface area (Å²) in [6.07, 6.45) is 9.35. The normalized spacial score (nSPS) is 18.2. The van der Waals surface area contributed by atoms with Crippen molar-refractivity contribution >= 4 is 15.9 Å². The first kappa shape index (κ1) is 16.8. The molecule has 118 valence electrons. The van der Waals surface area contributed by atoms with Crippen LogP contribution in [0.4, 0.5) is 0 Å². The van der Waals surface area contributed by atoms with Crippen molar-refractivity contribution in [3.63, 3.8) is 0 Å². The number of benzene rings is 1. The second-order valence-corrected chi connectivity index (χ2v) is 6.99. The molecule has 0 aliphatic heterocycles. The van der Waals surface area contributed by atoms with Crippen LogP contribution in [0.25, 0.3) is 0 Å². The summed E-state index contributed by atoms with van der Waals surface area (Å²) in [6.45, 7) is 3.30. The fourth-order valence-electron chi connectivity index (χ4n) is 3.42. The number of halogens is 1. The molecule has 2 nitrogen and oxygen atoms in total. The Bertz CT molecular complexity index is 427. The van der Waals surface area contributed by atoms with Gasteiger partial charge in [0.25, 0.3) is 0 Å². The third kappa shape index (κ3) is 4.72. The zero-order chi connectivity index (χ0) is 15.1.